The number of halogens is 1. The van der Waals surface area contributed by atoms with E-state index >= 15 is 0 Å². The van der Waals surface area contributed by atoms with E-state index in [0.29, 0.717) is 34.5 Å². The number of ether oxygens (including phenoxy) is 1. The van der Waals surface area contributed by atoms with E-state index in [2.05, 4.69) is 20.6 Å². The highest BCUT2D eigenvalue weighted by atomic mass is 35.5. The lowest BCUT2D eigenvalue weighted by Crippen LogP contribution is -2.16. The monoisotopic (exact) mass is 423 g/mol. The van der Waals surface area contributed by atoms with Gasteiger partial charge in [-0.2, -0.15) is 5.10 Å². The van der Waals surface area contributed by atoms with E-state index in [1.807, 2.05) is 60.7 Å². The Hall–Kier alpha value is -3.16. The van der Waals surface area contributed by atoms with Crippen LogP contribution in [-0.2, 0) is 13.2 Å². The van der Waals surface area contributed by atoms with Crippen molar-refractivity contribution in [1.29, 1.82) is 0 Å². The van der Waals surface area contributed by atoms with Gasteiger partial charge < -0.3 is 10.2 Å². The normalized spacial score (nSPS) is 10.7. The van der Waals surface area contributed by atoms with Crippen LogP contribution in [0.5, 0.6) is 5.75 Å². The van der Waals surface area contributed by atoms with Gasteiger partial charge in [0.25, 0.3) is 0 Å². The first-order valence-corrected chi connectivity index (χ1v) is 9.76. The average Bonchev–Trinajstić information content (AvgIpc) is 3.13. The summed E-state index contributed by atoms with van der Waals surface area (Å²) in [5.41, 5.74) is 6.27. The lowest BCUT2D eigenvalue weighted by Gasteiger charge is -2.12. The van der Waals surface area contributed by atoms with Gasteiger partial charge in [-0.1, -0.05) is 48.0 Å². The van der Waals surface area contributed by atoms with E-state index in [1.165, 1.54) is 0 Å². The predicted molar refractivity (Wildman–Crippen MR) is 116 cm³/mol. The highest BCUT2D eigenvalue weighted by Gasteiger charge is 2.09. The maximum absolute atomic E-state index is 6.41. The lowest BCUT2D eigenvalue weighted by molar-refractivity contribution is 0.306. The first-order valence-electron chi connectivity index (χ1n) is 8.97. The van der Waals surface area contributed by atoms with Crippen LogP contribution >= 0.6 is 23.8 Å². The Morgan fingerprint density at radius 2 is 1.83 bits per heavy atom. The van der Waals surface area contributed by atoms with E-state index in [1.54, 1.807) is 17.1 Å². The van der Waals surface area contributed by atoms with Gasteiger partial charge in [-0.05, 0) is 47.6 Å². The molecule has 2 heterocycles. The van der Waals surface area contributed by atoms with Crippen molar-refractivity contribution < 1.29 is 4.74 Å². The van der Waals surface area contributed by atoms with Gasteiger partial charge in [0.15, 0.2) is 5.82 Å². The predicted octanol–water partition coefficient (Wildman–Crippen LogP) is 4.98. The largest absolute Gasteiger partial charge is 0.487 e. The Balaban J connectivity index is 1.44. The minimum Gasteiger partial charge on any atom is -0.487 e. The molecule has 4 aromatic rings. The molecule has 2 N–H and O–H groups in total. The Morgan fingerprint density at radius 3 is 2.59 bits per heavy atom. The molecule has 4 rings (SSSR count). The third-order valence-corrected chi connectivity index (χ3v) is 4.85. The molecule has 146 valence electrons. The molecule has 29 heavy (non-hydrogen) atoms. The fourth-order valence-corrected chi connectivity index (χ4v) is 3.27. The number of aromatic amines is 1. The summed E-state index contributed by atoms with van der Waals surface area (Å²) in [5.74, 6) is 1.34. The fraction of sp³-hybridized carbons (Fsp3) is 0.0952. The number of rotatable bonds is 7. The summed E-state index contributed by atoms with van der Waals surface area (Å²) in [4.78, 5) is 4.03. The van der Waals surface area contributed by atoms with E-state index in [-0.39, 0.29) is 0 Å². The maximum atomic E-state index is 6.41. The van der Waals surface area contributed by atoms with Gasteiger partial charge in [-0.15, -0.1) is 0 Å². The van der Waals surface area contributed by atoms with Gasteiger partial charge >= 0.3 is 0 Å². The van der Waals surface area contributed by atoms with Gasteiger partial charge in [0.05, 0.1) is 11.6 Å². The van der Waals surface area contributed by atoms with Crippen LogP contribution in [0.25, 0.3) is 11.4 Å². The molecule has 0 spiro atoms. The molecule has 0 radical (unpaired) electrons. The van der Waals surface area contributed by atoms with Crippen LogP contribution in [-0.4, -0.2) is 19.9 Å². The molecule has 0 fully saturated rings. The standard InChI is InChI=1S/C21H18ClN5OS/c22-18-12-16(6-7-19(18)28-14-15-4-2-1-3-5-15)13-24-27-20(25-26-21(27)29)17-8-10-23-11-9-17/h1-12,24H,13-14H2,(H,26,29). The zero-order chi connectivity index (χ0) is 20.1. The highest BCUT2D eigenvalue weighted by Crippen LogP contribution is 2.26. The number of pyridine rings is 1. The van der Waals surface area contributed by atoms with Crippen LogP contribution < -0.4 is 10.2 Å². The van der Waals surface area contributed by atoms with Gasteiger partial charge in [-0.3, -0.25) is 4.98 Å². The molecular weight excluding hydrogens is 406 g/mol. The van der Waals surface area contributed by atoms with Crippen molar-refractivity contribution >= 4 is 23.8 Å². The summed E-state index contributed by atoms with van der Waals surface area (Å²) in [6.45, 7) is 0.988. The molecule has 0 unspecified atom stereocenters. The molecule has 8 heteroatoms. The van der Waals surface area contributed by atoms with Gasteiger partial charge in [0.1, 0.15) is 12.4 Å². The van der Waals surface area contributed by atoms with Crippen molar-refractivity contribution in [3.05, 3.63) is 94.0 Å². The van der Waals surface area contributed by atoms with Gasteiger partial charge in [0.2, 0.25) is 4.77 Å². The minimum atomic E-state index is 0.470. The molecule has 0 saturated heterocycles. The maximum Gasteiger partial charge on any atom is 0.214 e. The number of aromatic nitrogens is 4. The van der Waals surface area contributed by atoms with Crippen molar-refractivity contribution in [1.82, 2.24) is 19.9 Å². The highest BCUT2D eigenvalue weighted by molar-refractivity contribution is 7.71. The topological polar surface area (TPSA) is 67.8 Å². The number of benzene rings is 2. The molecule has 0 aliphatic rings. The summed E-state index contributed by atoms with van der Waals surface area (Å²) in [7, 11) is 0. The minimum absolute atomic E-state index is 0.470. The summed E-state index contributed by atoms with van der Waals surface area (Å²) in [6.07, 6.45) is 3.43. The third kappa shape index (κ3) is 4.64. The molecule has 0 aliphatic heterocycles. The van der Waals surface area contributed by atoms with Crippen LogP contribution in [0.4, 0.5) is 0 Å². The zero-order valence-electron chi connectivity index (χ0n) is 15.4. The van der Waals surface area contributed by atoms with E-state index in [0.717, 1.165) is 16.7 Å². The number of hydrogen-bond donors (Lipinski definition) is 2. The van der Waals surface area contributed by atoms with Crippen LogP contribution in [0.3, 0.4) is 0 Å². The molecule has 0 saturated carbocycles. The molecule has 0 atom stereocenters. The Kier molecular flexibility index (Phi) is 5.88. The van der Waals surface area contributed by atoms with Crippen molar-refractivity contribution in [3.8, 4) is 17.1 Å². The molecule has 6 nitrogen and oxygen atoms in total. The summed E-state index contributed by atoms with van der Waals surface area (Å²) < 4.78 is 8.04. The Labute approximate surface area is 178 Å². The SMILES string of the molecule is S=c1[nH]nc(-c2ccncc2)n1NCc1ccc(OCc2ccccc2)c(Cl)c1. The second kappa shape index (κ2) is 8.89. The average molecular weight is 424 g/mol. The summed E-state index contributed by atoms with van der Waals surface area (Å²) in [6, 6.07) is 19.4. The second-order valence-electron chi connectivity index (χ2n) is 6.30. The third-order valence-electron chi connectivity index (χ3n) is 4.29. The first kappa shape index (κ1) is 19.2. The lowest BCUT2D eigenvalue weighted by atomic mass is 10.2. The fourth-order valence-electron chi connectivity index (χ4n) is 2.82. The number of nitrogens with zero attached hydrogens (tertiary/aromatic N) is 3. The van der Waals surface area contributed by atoms with E-state index in [4.69, 9.17) is 28.6 Å². The molecule has 2 aromatic carbocycles. The van der Waals surface area contributed by atoms with Crippen LogP contribution in [0.2, 0.25) is 5.02 Å². The quantitative estimate of drug-likeness (QED) is 0.410. The second-order valence-corrected chi connectivity index (χ2v) is 7.09. The van der Waals surface area contributed by atoms with Crippen molar-refractivity contribution in [2.24, 2.45) is 0 Å². The summed E-state index contributed by atoms with van der Waals surface area (Å²) in [5, 5.41) is 7.66. The molecule has 0 bridgehead atoms. The van der Waals surface area contributed by atoms with Crippen molar-refractivity contribution in [2.45, 2.75) is 13.2 Å². The Bertz CT molecular complexity index is 1140. The first-order chi connectivity index (χ1) is 14.2. The van der Waals surface area contributed by atoms with Crippen molar-refractivity contribution in [2.75, 3.05) is 5.43 Å². The molecular formula is C21H18ClN5OS. The molecule has 2 aromatic heterocycles. The van der Waals surface area contributed by atoms with Crippen LogP contribution in [0, 0.1) is 4.77 Å². The van der Waals surface area contributed by atoms with Crippen molar-refractivity contribution in [3.63, 3.8) is 0 Å². The van der Waals surface area contributed by atoms with Gasteiger partial charge in [0, 0.05) is 18.0 Å². The number of H-pyrrole nitrogens is 1. The Morgan fingerprint density at radius 1 is 1.03 bits per heavy atom. The summed E-state index contributed by atoms with van der Waals surface area (Å²) >= 11 is 11.7. The van der Waals surface area contributed by atoms with Gasteiger partial charge in [-0.25, -0.2) is 9.77 Å². The van der Waals surface area contributed by atoms with E-state index in [9.17, 15) is 0 Å². The number of hydrogen-bond acceptors (Lipinski definition) is 5. The molecule has 0 aliphatic carbocycles. The van der Waals surface area contributed by atoms with Crippen LogP contribution in [0.15, 0.2) is 73.1 Å². The van der Waals surface area contributed by atoms with E-state index < -0.39 is 0 Å². The zero-order valence-corrected chi connectivity index (χ0v) is 17.0. The smallest absolute Gasteiger partial charge is 0.214 e. The molecule has 0 amide bonds. The van der Waals surface area contributed by atoms with Crippen LogP contribution in [0.1, 0.15) is 11.1 Å². The number of nitrogens with one attached hydrogen (secondary N) is 2.